The zero-order valence-electron chi connectivity index (χ0n) is 34.0. The lowest BCUT2D eigenvalue weighted by atomic mass is 10.1. The summed E-state index contributed by atoms with van der Waals surface area (Å²) in [6, 6.07) is -16.1. The first kappa shape index (κ1) is 56.5. The van der Waals surface area contributed by atoms with Crippen LogP contribution >= 0.6 is 0 Å². The van der Waals surface area contributed by atoms with Gasteiger partial charge in [0.15, 0.2) is 0 Å². The molecule has 360 valence electrons. The molecule has 33 heteroatoms. The van der Waals surface area contributed by atoms with E-state index in [9.17, 15) is 81.8 Å². The third-order valence-electron chi connectivity index (χ3n) is 8.01. The Bertz CT molecular complexity index is 1940. The number of carboxylic acid groups (broad SMARTS) is 1. The Hall–Kier alpha value is -8.52. The van der Waals surface area contributed by atoms with Crippen LogP contribution in [0.1, 0.15) is 51.4 Å². The van der Waals surface area contributed by atoms with Crippen LogP contribution in [-0.2, 0) is 76.7 Å². The molecule has 0 saturated carbocycles. The standard InChI is InChI=1S/C32H50N16O17/c33-9(1-17(34)49)25(57)42-10(2-18(35)50)26(58)43-11(3-19(36)51)27(59)44-12(4-20(37)52)28(60)45-13(5-21(38)53)29(61)46-14(6-22(39)54)30(62)47-15(7-23(40)55)31(63)48-16(32(64)65)8-24(41)56/h9-16H,1-8,33H2,(H2,34,49)(H2,35,50)(H2,36,51)(H2,37,52)(H2,38,53)(H2,39,54)(H2,40,55)(H2,41,56)(H,42,57)(H,43,58)(H,44,59)(H,45,60)(H,46,61)(H,47,62)(H,48,63)(H,64,65)/t9-,10-,11-,12-,13-,14-,15-,16-/m0/s1. The molecule has 0 heterocycles. The molecule has 8 atom stereocenters. The van der Waals surface area contributed by atoms with E-state index in [1.165, 1.54) is 0 Å². The number of hydrogen-bond acceptors (Lipinski definition) is 17. The van der Waals surface area contributed by atoms with Crippen molar-refractivity contribution in [3.05, 3.63) is 0 Å². The minimum atomic E-state index is -2.16. The number of hydrogen-bond donors (Lipinski definition) is 17. The summed E-state index contributed by atoms with van der Waals surface area (Å²) in [4.78, 5) is 197. The molecule has 0 aromatic rings. The SMILES string of the molecule is NC(=O)C[C@H](NC(=O)[C@H](CC(N)=O)NC(=O)[C@H](CC(N)=O)NC(=O)[C@H](CC(N)=O)NC(=O)[C@H](CC(N)=O)NC(=O)[C@H](CC(N)=O)NC(=O)[C@H](CC(N)=O)NC(=O)[C@@H](N)CC(N)=O)C(=O)O. The van der Waals surface area contributed by atoms with Crippen molar-refractivity contribution >= 4 is 94.6 Å². The third-order valence-corrected chi connectivity index (χ3v) is 8.01. The summed E-state index contributed by atoms with van der Waals surface area (Å²) in [5, 5.41) is 22.8. The van der Waals surface area contributed by atoms with Crippen molar-refractivity contribution in [2.45, 2.75) is 99.7 Å². The van der Waals surface area contributed by atoms with Gasteiger partial charge in [0.1, 0.15) is 42.3 Å². The second kappa shape index (κ2) is 26.7. The van der Waals surface area contributed by atoms with E-state index in [1.54, 1.807) is 0 Å². The van der Waals surface area contributed by atoms with Gasteiger partial charge in [-0.15, -0.1) is 0 Å². The van der Waals surface area contributed by atoms with Crippen LogP contribution < -0.4 is 88.8 Å². The highest BCUT2D eigenvalue weighted by molar-refractivity contribution is 6.02. The Kier molecular flexibility index (Phi) is 23.2. The summed E-state index contributed by atoms with van der Waals surface area (Å²) in [6.07, 6.45) is -8.04. The maximum absolute atomic E-state index is 13.5. The van der Waals surface area contributed by atoms with Gasteiger partial charge in [-0.2, -0.15) is 0 Å². The summed E-state index contributed by atoms with van der Waals surface area (Å²) < 4.78 is 0. The highest BCUT2D eigenvalue weighted by Crippen LogP contribution is 2.05. The number of nitrogens with two attached hydrogens (primary N) is 9. The van der Waals surface area contributed by atoms with Gasteiger partial charge in [0, 0.05) is 0 Å². The van der Waals surface area contributed by atoms with Gasteiger partial charge in [0.05, 0.1) is 57.4 Å². The molecule has 0 saturated heterocycles. The number of carbonyl (C=O) groups excluding carboxylic acids is 15. The van der Waals surface area contributed by atoms with E-state index < -0.39 is 194 Å². The molecule has 0 aliphatic rings. The molecule has 0 rings (SSSR count). The quantitative estimate of drug-likeness (QED) is 0.0307. The predicted octanol–water partition coefficient (Wildman–Crippen LogP) is -13.2. The van der Waals surface area contributed by atoms with E-state index in [-0.39, 0.29) is 0 Å². The highest BCUT2D eigenvalue weighted by Gasteiger charge is 2.37. The predicted molar refractivity (Wildman–Crippen MR) is 210 cm³/mol. The fourth-order valence-electron chi connectivity index (χ4n) is 5.09. The van der Waals surface area contributed by atoms with Crippen molar-refractivity contribution in [3.8, 4) is 0 Å². The fourth-order valence-corrected chi connectivity index (χ4v) is 5.09. The number of primary amides is 8. The molecule has 0 bridgehead atoms. The molecule has 0 aromatic carbocycles. The molecule has 0 aliphatic heterocycles. The summed E-state index contributed by atoms with van der Waals surface area (Å²) in [7, 11) is 0. The maximum atomic E-state index is 13.5. The average Bonchev–Trinajstić information content (AvgIpc) is 3.14. The summed E-state index contributed by atoms with van der Waals surface area (Å²) in [5.74, 6) is -21.7. The lowest BCUT2D eigenvalue weighted by molar-refractivity contribution is -0.144. The summed E-state index contributed by atoms with van der Waals surface area (Å²) in [6.45, 7) is 0. The van der Waals surface area contributed by atoms with E-state index in [1.807, 2.05) is 37.2 Å². The number of rotatable bonds is 31. The normalized spacial score (nSPS) is 14.2. The average molecular weight is 931 g/mol. The van der Waals surface area contributed by atoms with Crippen molar-refractivity contribution in [1.29, 1.82) is 0 Å². The van der Waals surface area contributed by atoms with Crippen LogP contribution in [0.25, 0.3) is 0 Å². The molecular formula is C32H50N16O17. The second-order valence-electron chi connectivity index (χ2n) is 13.7. The molecule has 15 amide bonds. The van der Waals surface area contributed by atoms with Gasteiger partial charge in [-0.05, 0) is 0 Å². The van der Waals surface area contributed by atoms with E-state index in [0.29, 0.717) is 0 Å². The van der Waals surface area contributed by atoms with Crippen molar-refractivity contribution in [1.82, 2.24) is 37.2 Å². The van der Waals surface area contributed by atoms with E-state index in [0.717, 1.165) is 0 Å². The van der Waals surface area contributed by atoms with E-state index in [4.69, 9.17) is 51.6 Å². The van der Waals surface area contributed by atoms with Gasteiger partial charge in [-0.3, -0.25) is 71.9 Å². The first-order chi connectivity index (χ1) is 29.9. The maximum Gasteiger partial charge on any atom is 0.326 e. The minimum absolute atomic E-state index is 0.712. The van der Waals surface area contributed by atoms with E-state index in [2.05, 4.69) is 0 Å². The number of carbonyl (C=O) groups is 16. The minimum Gasteiger partial charge on any atom is -0.480 e. The lowest BCUT2D eigenvalue weighted by Crippen LogP contribution is -2.61. The number of aliphatic carboxylic acids is 1. The summed E-state index contributed by atoms with van der Waals surface area (Å²) in [5.41, 5.74) is 46.6. The van der Waals surface area contributed by atoms with Gasteiger partial charge >= 0.3 is 5.97 Å². The Morgan fingerprint density at radius 3 is 0.600 bits per heavy atom. The van der Waals surface area contributed by atoms with Crippen LogP contribution in [0, 0.1) is 0 Å². The Morgan fingerprint density at radius 2 is 0.431 bits per heavy atom. The van der Waals surface area contributed by atoms with Crippen LogP contribution in [0.3, 0.4) is 0 Å². The lowest BCUT2D eigenvalue weighted by Gasteiger charge is -2.27. The van der Waals surface area contributed by atoms with Gasteiger partial charge in [0.2, 0.25) is 88.6 Å². The fraction of sp³-hybridized carbons (Fsp3) is 0.500. The van der Waals surface area contributed by atoms with Crippen molar-refractivity contribution < 1.29 is 81.8 Å². The molecule has 65 heavy (non-hydrogen) atoms. The third kappa shape index (κ3) is 22.8. The Labute approximate surface area is 364 Å². The molecule has 0 spiro atoms. The second-order valence-corrected chi connectivity index (χ2v) is 13.7. The molecule has 0 aliphatic carbocycles. The van der Waals surface area contributed by atoms with Crippen LogP contribution in [0.4, 0.5) is 0 Å². The first-order valence-corrected chi connectivity index (χ1v) is 18.3. The van der Waals surface area contributed by atoms with E-state index >= 15 is 0 Å². The summed E-state index contributed by atoms with van der Waals surface area (Å²) >= 11 is 0. The Morgan fingerprint density at radius 1 is 0.277 bits per heavy atom. The first-order valence-electron chi connectivity index (χ1n) is 18.3. The van der Waals surface area contributed by atoms with Crippen LogP contribution in [0.15, 0.2) is 0 Å². The molecular weight excluding hydrogens is 880 g/mol. The Balaban J connectivity index is 6.60. The number of carboxylic acids is 1. The van der Waals surface area contributed by atoms with Gasteiger partial charge < -0.3 is 93.9 Å². The van der Waals surface area contributed by atoms with Gasteiger partial charge in [0.25, 0.3) is 0 Å². The molecule has 33 nitrogen and oxygen atoms in total. The molecule has 26 N–H and O–H groups in total. The molecule has 0 aromatic heterocycles. The topological polar surface area (TPSA) is 612 Å². The molecule has 0 fully saturated rings. The molecule has 0 radical (unpaired) electrons. The smallest absolute Gasteiger partial charge is 0.326 e. The van der Waals surface area contributed by atoms with Gasteiger partial charge in [-0.1, -0.05) is 0 Å². The number of amides is 15. The van der Waals surface area contributed by atoms with Crippen molar-refractivity contribution in [2.75, 3.05) is 0 Å². The van der Waals surface area contributed by atoms with Crippen LogP contribution in [-0.4, -0.2) is 148 Å². The zero-order valence-corrected chi connectivity index (χ0v) is 34.0. The highest BCUT2D eigenvalue weighted by atomic mass is 16.4. The number of nitrogens with one attached hydrogen (secondary N) is 7. The largest absolute Gasteiger partial charge is 0.480 e. The van der Waals surface area contributed by atoms with Crippen molar-refractivity contribution in [2.24, 2.45) is 51.6 Å². The monoisotopic (exact) mass is 930 g/mol. The zero-order chi connectivity index (χ0) is 50.5. The van der Waals surface area contributed by atoms with Gasteiger partial charge in [-0.25, -0.2) is 4.79 Å². The molecule has 0 unspecified atom stereocenters. The van der Waals surface area contributed by atoms with Crippen molar-refractivity contribution in [3.63, 3.8) is 0 Å². The van der Waals surface area contributed by atoms with Crippen LogP contribution in [0.2, 0.25) is 0 Å². The van der Waals surface area contributed by atoms with Crippen LogP contribution in [0.5, 0.6) is 0 Å².